The van der Waals surface area contributed by atoms with Crippen molar-refractivity contribution < 1.29 is 14.1 Å². The molecule has 1 aliphatic heterocycles. The maximum absolute atomic E-state index is 11.0. The zero-order chi connectivity index (χ0) is 11.9. The van der Waals surface area contributed by atoms with Gasteiger partial charge < -0.3 is 15.0 Å². The number of primary amides is 1. The van der Waals surface area contributed by atoms with Crippen LogP contribution < -0.4 is 11.2 Å². The zero-order valence-electron chi connectivity index (χ0n) is 9.15. The van der Waals surface area contributed by atoms with Crippen molar-refractivity contribution in [1.82, 2.24) is 0 Å². The highest BCUT2D eigenvalue weighted by atomic mass is 32.1. The van der Waals surface area contributed by atoms with Crippen LogP contribution in [0.5, 0.6) is 0 Å². The number of rotatable bonds is 2. The van der Waals surface area contributed by atoms with Gasteiger partial charge in [-0.3, -0.25) is 4.79 Å². The average Bonchev–Trinajstić information content (AvgIpc) is 2.72. The van der Waals surface area contributed by atoms with Crippen LogP contribution in [0.25, 0.3) is 0 Å². The summed E-state index contributed by atoms with van der Waals surface area (Å²) in [6, 6.07) is 1.69. The Labute approximate surface area is 98.2 Å². The van der Waals surface area contributed by atoms with Crippen LogP contribution in [-0.4, -0.2) is 18.6 Å². The third-order valence-electron chi connectivity index (χ3n) is 2.46. The lowest BCUT2D eigenvalue weighted by Crippen LogP contribution is -2.33. The Kier molecular flexibility index (Phi) is 2.55. The summed E-state index contributed by atoms with van der Waals surface area (Å²) in [4.78, 5) is 11.5. The second-order valence-corrected chi connectivity index (χ2v) is 5.02. The van der Waals surface area contributed by atoms with Gasteiger partial charge in [0.05, 0.1) is 10.6 Å². The quantitative estimate of drug-likeness (QED) is 0.776. The van der Waals surface area contributed by atoms with Gasteiger partial charge in [-0.05, 0) is 25.3 Å². The SMILES string of the molecule is C=C1OB(c2csc(C(N)=O)c2)OC1(C)C. The minimum Gasteiger partial charge on any atom is -0.534 e. The maximum atomic E-state index is 11.0. The summed E-state index contributed by atoms with van der Waals surface area (Å²) in [6.45, 7) is 7.56. The first kappa shape index (κ1) is 11.2. The minimum absolute atomic E-state index is 0.438. The normalized spacial score (nSPS) is 18.6. The minimum atomic E-state index is -0.501. The lowest BCUT2D eigenvalue weighted by molar-refractivity contribution is 0.100. The molecule has 1 fully saturated rings. The van der Waals surface area contributed by atoms with E-state index in [1.807, 2.05) is 13.8 Å². The van der Waals surface area contributed by atoms with E-state index in [-0.39, 0.29) is 0 Å². The van der Waals surface area contributed by atoms with Gasteiger partial charge in [0.1, 0.15) is 5.60 Å². The highest BCUT2D eigenvalue weighted by molar-refractivity contribution is 7.13. The fraction of sp³-hybridized carbons (Fsp3) is 0.300. The molecule has 1 aromatic heterocycles. The molecule has 0 atom stereocenters. The summed E-state index contributed by atoms with van der Waals surface area (Å²) in [5, 5.41) is 1.80. The molecule has 1 amide bonds. The van der Waals surface area contributed by atoms with E-state index in [2.05, 4.69) is 6.58 Å². The van der Waals surface area contributed by atoms with Gasteiger partial charge in [0, 0.05) is 5.46 Å². The fourth-order valence-corrected chi connectivity index (χ4v) is 2.13. The monoisotopic (exact) mass is 237 g/mol. The Morgan fingerprint density at radius 3 is 2.75 bits per heavy atom. The van der Waals surface area contributed by atoms with Gasteiger partial charge in [0.15, 0.2) is 0 Å². The van der Waals surface area contributed by atoms with E-state index < -0.39 is 18.6 Å². The predicted molar refractivity (Wildman–Crippen MR) is 63.6 cm³/mol. The van der Waals surface area contributed by atoms with Crippen molar-refractivity contribution in [2.45, 2.75) is 19.4 Å². The molecular weight excluding hydrogens is 225 g/mol. The second-order valence-electron chi connectivity index (χ2n) is 4.11. The van der Waals surface area contributed by atoms with E-state index >= 15 is 0 Å². The molecule has 2 N–H and O–H groups in total. The van der Waals surface area contributed by atoms with Crippen molar-refractivity contribution in [3.63, 3.8) is 0 Å². The number of carbonyl (C=O) groups excluding carboxylic acids is 1. The van der Waals surface area contributed by atoms with Gasteiger partial charge in [-0.2, -0.15) is 0 Å². The summed E-state index contributed by atoms with van der Waals surface area (Å²) in [6.07, 6.45) is 0. The van der Waals surface area contributed by atoms with Crippen LogP contribution in [-0.2, 0) is 9.31 Å². The van der Waals surface area contributed by atoms with Crippen LogP contribution in [0, 0.1) is 0 Å². The summed E-state index contributed by atoms with van der Waals surface area (Å²) in [5.74, 6) is 0.150. The van der Waals surface area contributed by atoms with Gasteiger partial charge in [0.25, 0.3) is 5.91 Å². The largest absolute Gasteiger partial charge is 0.564 e. The third-order valence-corrected chi connectivity index (χ3v) is 3.42. The van der Waals surface area contributed by atoms with Crippen LogP contribution in [0.15, 0.2) is 23.8 Å². The summed E-state index contributed by atoms with van der Waals surface area (Å²) < 4.78 is 11.2. The smallest absolute Gasteiger partial charge is 0.534 e. The first-order valence-electron chi connectivity index (χ1n) is 4.82. The molecule has 16 heavy (non-hydrogen) atoms. The Hall–Kier alpha value is -1.27. The van der Waals surface area contributed by atoms with Crippen LogP contribution in [0.3, 0.4) is 0 Å². The number of carbonyl (C=O) groups is 1. The Morgan fingerprint density at radius 1 is 1.62 bits per heavy atom. The molecule has 2 rings (SSSR count). The number of hydrogen-bond donors (Lipinski definition) is 1. The van der Waals surface area contributed by atoms with E-state index in [4.69, 9.17) is 15.0 Å². The summed E-state index contributed by atoms with van der Waals surface area (Å²) in [7, 11) is -0.494. The van der Waals surface area contributed by atoms with Gasteiger partial charge >= 0.3 is 7.12 Å². The molecule has 0 unspecified atom stereocenters. The molecule has 84 valence electrons. The number of thiophene rings is 1. The molecule has 1 aromatic rings. The lowest BCUT2D eigenvalue weighted by atomic mass is 9.81. The molecular formula is C10H12BNO3S. The van der Waals surface area contributed by atoms with Crippen molar-refractivity contribution in [1.29, 1.82) is 0 Å². The molecule has 0 aliphatic carbocycles. The van der Waals surface area contributed by atoms with Crippen LogP contribution in [0.4, 0.5) is 0 Å². The van der Waals surface area contributed by atoms with E-state index in [9.17, 15) is 4.79 Å². The van der Waals surface area contributed by atoms with Crippen molar-refractivity contribution >= 4 is 29.8 Å². The van der Waals surface area contributed by atoms with Crippen LogP contribution in [0.1, 0.15) is 23.5 Å². The molecule has 0 spiro atoms. The Balaban J connectivity index is 2.20. The molecule has 0 radical (unpaired) electrons. The number of nitrogens with two attached hydrogens (primary N) is 1. The van der Waals surface area contributed by atoms with Crippen molar-refractivity contribution in [3.05, 3.63) is 28.7 Å². The lowest BCUT2D eigenvalue weighted by Gasteiger charge is -2.15. The van der Waals surface area contributed by atoms with E-state index in [0.717, 1.165) is 5.46 Å². The highest BCUT2D eigenvalue weighted by Crippen LogP contribution is 2.29. The molecule has 0 bridgehead atoms. The van der Waals surface area contributed by atoms with Crippen LogP contribution >= 0.6 is 11.3 Å². The molecule has 1 saturated heterocycles. The average molecular weight is 237 g/mol. The van der Waals surface area contributed by atoms with Gasteiger partial charge in [-0.15, -0.1) is 11.3 Å². The number of hydrogen-bond acceptors (Lipinski definition) is 4. The molecule has 4 nitrogen and oxygen atoms in total. The Morgan fingerprint density at radius 2 is 2.31 bits per heavy atom. The van der Waals surface area contributed by atoms with Crippen molar-refractivity contribution in [3.8, 4) is 0 Å². The van der Waals surface area contributed by atoms with Crippen molar-refractivity contribution in [2.24, 2.45) is 5.73 Å². The summed E-state index contributed by atoms with van der Waals surface area (Å²) >= 11 is 1.28. The fourth-order valence-electron chi connectivity index (χ4n) is 1.37. The van der Waals surface area contributed by atoms with Gasteiger partial charge in [-0.1, -0.05) is 6.58 Å². The van der Waals surface area contributed by atoms with Gasteiger partial charge in [0.2, 0.25) is 0 Å². The molecule has 1 aliphatic rings. The summed E-state index contributed by atoms with van der Waals surface area (Å²) in [5.41, 5.74) is 5.47. The zero-order valence-corrected chi connectivity index (χ0v) is 9.97. The molecule has 6 heteroatoms. The second kappa shape index (κ2) is 3.64. The van der Waals surface area contributed by atoms with E-state index in [0.29, 0.717) is 10.6 Å². The third kappa shape index (κ3) is 1.86. The van der Waals surface area contributed by atoms with Crippen LogP contribution in [0.2, 0.25) is 0 Å². The topological polar surface area (TPSA) is 61.5 Å². The predicted octanol–water partition coefficient (Wildman–Crippen LogP) is 0.881. The standard InChI is InChI=1S/C10H12BNO3S/c1-6-10(2,3)15-11(14-6)7-4-8(9(12)13)16-5-7/h4-5H,1H2,2-3H3,(H2,12,13). The molecule has 0 aromatic carbocycles. The highest BCUT2D eigenvalue weighted by Gasteiger charge is 2.43. The number of amides is 1. The molecule has 2 heterocycles. The molecule has 0 saturated carbocycles. The van der Waals surface area contributed by atoms with E-state index in [1.54, 1.807) is 11.4 Å². The van der Waals surface area contributed by atoms with Crippen molar-refractivity contribution in [2.75, 3.05) is 0 Å². The van der Waals surface area contributed by atoms with Gasteiger partial charge in [-0.25, -0.2) is 0 Å². The first-order chi connectivity index (χ1) is 7.40. The first-order valence-corrected chi connectivity index (χ1v) is 5.70. The Bertz CT molecular complexity index is 455. The van der Waals surface area contributed by atoms with E-state index in [1.165, 1.54) is 11.3 Å². The maximum Gasteiger partial charge on any atom is 0.564 e.